The van der Waals surface area contributed by atoms with E-state index < -0.39 is 12.4 Å². The lowest BCUT2D eigenvalue weighted by Crippen LogP contribution is -2.14. The maximum Gasteiger partial charge on any atom is 0.181 e. The summed E-state index contributed by atoms with van der Waals surface area (Å²) in [5, 5.41) is 17.6. The Morgan fingerprint density at radius 3 is 2.20 bits per heavy atom. The summed E-state index contributed by atoms with van der Waals surface area (Å²) < 4.78 is 4.84. The molecule has 1 aliphatic heterocycles. The van der Waals surface area contributed by atoms with Crippen molar-refractivity contribution in [2.45, 2.75) is 12.4 Å². The van der Waals surface area contributed by atoms with Gasteiger partial charge in [-0.25, -0.2) is 0 Å². The van der Waals surface area contributed by atoms with Crippen LogP contribution in [0.15, 0.2) is 24.3 Å². The van der Waals surface area contributed by atoms with Crippen LogP contribution in [0.5, 0.6) is 0 Å². The largest absolute Gasteiger partial charge is 0.393 e. The van der Waals surface area contributed by atoms with Gasteiger partial charge >= 0.3 is 0 Å². The Kier molecular flexibility index (Phi) is 1.89. The minimum atomic E-state index is -0.982. The molecule has 1 heterocycles. The van der Waals surface area contributed by atoms with Gasteiger partial charge < -0.3 is 14.9 Å². The van der Waals surface area contributed by atoms with E-state index in [2.05, 4.69) is 13.2 Å². The van der Waals surface area contributed by atoms with Gasteiger partial charge in [0.1, 0.15) is 6.10 Å². The third-order valence-electron chi connectivity index (χ3n) is 1.56. The van der Waals surface area contributed by atoms with Crippen molar-refractivity contribution in [3.63, 3.8) is 0 Å². The maximum atomic E-state index is 8.98. The average molecular weight is 142 g/mol. The Bertz CT molecular complexity index is 174. The Morgan fingerprint density at radius 2 is 2.00 bits per heavy atom. The number of aliphatic hydroxyl groups excluding tert-OH is 2. The number of aliphatic hydroxyl groups is 2. The molecule has 0 radical (unpaired) electrons. The van der Waals surface area contributed by atoms with Gasteiger partial charge in [-0.1, -0.05) is 13.2 Å². The molecule has 2 N–H and O–H groups in total. The smallest absolute Gasteiger partial charge is 0.181 e. The summed E-state index contributed by atoms with van der Waals surface area (Å²) in [6.07, 6.45) is -1.45. The standard InChI is InChI=1S/C7H10O3/c1-4-5(2)7(9)10-6(4)3-8/h6-9H,1-3H2/t6-,7?/m0/s1. The molecule has 3 nitrogen and oxygen atoms in total. The Morgan fingerprint density at radius 1 is 1.40 bits per heavy atom. The maximum absolute atomic E-state index is 8.98. The van der Waals surface area contributed by atoms with Gasteiger partial charge in [0.05, 0.1) is 6.61 Å². The van der Waals surface area contributed by atoms with Gasteiger partial charge in [-0.3, -0.25) is 0 Å². The molecule has 3 heteroatoms. The Hall–Kier alpha value is -0.640. The molecule has 0 bridgehead atoms. The number of hydrogen-bond donors (Lipinski definition) is 2. The van der Waals surface area contributed by atoms with Crippen LogP contribution < -0.4 is 0 Å². The fourth-order valence-electron chi connectivity index (χ4n) is 0.838. The monoisotopic (exact) mass is 142 g/mol. The van der Waals surface area contributed by atoms with Gasteiger partial charge in [0, 0.05) is 5.57 Å². The normalized spacial score (nSPS) is 33.4. The van der Waals surface area contributed by atoms with Gasteiger partial charge in [0.2, 0.25) is 0 Å². The number of hydrogen-bond acceptors (Lipinski definition) is 3. The van der Waals surface area contributed by atoms with Crippen LogP contribution in [0.4, 0.5) is 0 Å². The first-order valence-corrected chi connectivity index (χ1v) is 2.99. The molecule has 1 aliphatic rings. The molecule has 1 saturated heterocycles. The highest BCUT2D eigenvalue weighted by molar-refractivity contribution is 5.34. The molecular weight excluding hydrogens is 132 g/mol. The summed E-state index contributed by atoms with van der Waals surface area (Å²) in [5.41, 5.74) is 1.04. The molecule has 0 aromatic heterocycles. The van der Waals surface area contributed by atoms with E-state index >= 15 is 0 Å². The van der Waals surface area contributed by atoms with Crippen LogP contribution in [0, 0.1) is 0 Å². The van der Waals surface area contributed by atoms with Crippen molar-refractivity contribution in [2.75, 3.05) is 6.61 Å². The van der Waals surface area contributed by atoms with Gasteiger partial charge in [-0.05, 0) is 5.57 Å². The van der Waals surface area contributed by atoms with E-state index in [1.54, 1.807) is 0 Å². The summed E-state index contributed by atoms with van der Waals surface area (Å²) in [5.74, 6) is 0. The predicted octanol–water partition coefficient (Wildman–Crippen LogP) is -0.192. The molecule has 0 aromatic carbocycles. The van der Waals surface area contributed by atoms with Crippen molar-refractivity contribution >= 4 is 0 Å². The zero-order chi connectivity index (χ0) is 7.72. The highest BCUT2D eigenvalue weighted by Crippen LogP contribution is 2.26. The summed E-state index contributed by atoms with van der Waals surface area (Å²) in [6, 6.07) is 0. The zero-order valence-electron chi connectivity index (χ0n) is 5.58. The zero-order valence-corrected chi connectivity index (χ0v) is 5.58. The first kappa shape index (κ1) is 7.47. The molecule has 0 amide bonds. The van der Waals surface area contributed by atoms with E-state index in [1.165, 1.54) is 0 Å². The van der Waals surface area contributed by atoms with Crippen LogP contribution in [0.1, 0.15) is 0 Å². The van der Waals surface area contributed by atoms with Crippen molar-refractivity contribution < 1.29 is 14.9 Å². The molecule has 0 aliphatic carbocycles. The molecular formula is C7H10O3. The van der Waals surface area contributed by atoms with E-state index in [9.17, 15) is 0 Å². The topological polar surface area (TPSA) is 49.7 Å². The van der Waals surface area contributed by atoms with Crippen LogP contribution in [0.2, 0.25) is 0 Å². The fraction of sp³-hybridized carbons (Fsp3) is 0.429. The molecule has 1 rings (SSSR count). The lowest BCUT2D eigenvalue weighted by Gasteiger charge is -2.04. The Balaban J connectivity index is 2.71. The van der Waals surface area contributed by atoms with Crippen LogP contribution in [0.25, 0.3) is 0 Å². The van der Waals surface area contributed by atoms with Gasteiger partial charge in [0.25, 0.3) is 0 Å². The van der Waals surface area contributed by atoms with Crippen LogP contribution in [-0.2, 0) is 4.74 Å². The first-order chi connectivity index (χ1) is 4.66. The summed E-state index contributed by atoms with van der Waals surface area (Å²) in [7, 11) is 0. The minimum absolute atomic E-state index is 0.158. The lowest BCUT2D eigenvalue weighted by molar-refractivity contribution is -0.0839. The van der Waals surface area contributed by atoms with Gasteiger partial charge in [-0.15, -0.1) is 0 Å². The summed E-state index contributed by atoms with van der Waals surface area (Å²) in [6.45, 7) is 6.96. The SMILES string of the molecule is C=C1C(=C)[C@H](CO)OC1O. The first-order valence-electron chi connectivity index (χ1n) is 2.99. The molecule has 56 valence electrons. The van der Waals surface area contributed by atoms with Crippen molar-refractivity contribution in [3.05, 3.63) is 24.3 Å². The second-order valence-corrected chi connectivity index (χ2v) is 2.21. The molecule has 10 heavy (non-hydrogen) atoms. The summed E-state index contributed by atoms with van der Waals surface area (Å²) >= 11 is 0. The third-order valence-corrected chi connectivity index (χ3v) is 1.56. The van der Waals surface area contributed by atoms with Crippen molar-refractivity contribution in [3.8, 4) is 0 Å². The minimum Gasteiger partial charge on any atom is -0.393 e. The number of ether oxygens (including phenoxy) is 1. The van der Waals surface area contributed by atoms with E-state index in [0.717, 1.165) is 0 Å². The Labute approximate surface area is 59.2 Å². The van der Waals surface area contributed by atoms with Crippen LogP contribution in [0.3, 0.4) is 0 Å². The quantitative estimate of drug-likeness (QED) is 0.533. The van der Waals surface area contributed by atoms with Crippen molar-refractivity contribution in [1.29, 1.82) is 0 Å². The molecule has 0 spiro atoms. The average Bonchev–Trinajstić information content (AvgIpc) is 2.17. The van der Waals surface area contributed by atoms with E-state index in [0.29, 0.717) is 11.1 Å². The van der Waals surface area contributed by atoms with Crippen LogP contribution >= 0.6 is 0 Å². The predicted molar refractivity (Wildman–Crippen MR) is 36.2 cm³/mol. The second-order valence-electron chi connectivity index (χ2n) is 2.21. The molecule has 1 unspecified atom stereocenters. The van der Waals surface area contributed by atoms with Gasteiger partial charge in [0.15, 0.2) is 6.29 Å². The summed E-state index contributed by atoms with van der Waals surface area (Å²) in [4.78, 5) is 0. The van der Waals surface area contributed by atoms with Crippen molar-refractivity contribution in [1.82, 2.24) is 0 Å². The molecule has 1 fully saturated rings. The lowest BCUT2D eigenvalue weighted by atomic mass is 10.1. The fourth-order valence-corrected chi connectivity index (χ4v) is 0.838. The highest BCUT2D eigenvalue weighted by Gasteiger charge is 2.29. The van der Waals surface area contributed by atoms with Crippen molar-refractivity contribution in [2.24, 2.45) is 0 Å². The molecule has 0 saturated carbocycles. The van der Waals surface area contributed by atoms with E-state index in [4.69, 9.17) is 14.9 Å². The second kappa shape index (κ2) is 2.54. The van der Waals surface area contributed by atoms with E-state index in [1.807, 2.05) is 0 Å². The molecule has 0 aromatic rings. The number of rotatable bonds is 1. The molecule has 2 atom stereocenters. The highest BCUT2D eigenvalue weighted by atomic mass is 16.6. The van der Waals surface area contributed by atoms with Gasteiger partial charge in [-0.2, -0.15) is 0 Å². The third kappa shape index (κ3) is 0.988. The van der Waals surface area contributed by atoms with E-state index in [-0.39, 0.29) is 6.61 Å². The van der Waals surface area contributed by atoms with Crippen LogP contribution in [-0.4, -0.2) is 29.2 Å².